The quantitative estimate of drug-likeness (QED) is 0.631. The molecule has 1 saturated heterocycles. The fourth-order valence-corrected chi connectivity index (χ4v) is 3.95. The van der Waals surface area contributed by atoms with Gasteiger partial charge in [-0.25, -0.2) is 9.37 Å². The lowest BCUT2D eigenvalue weighted by molar-refractivity contribution is 0.0751. The smallest absolute Gasteiger partial charge is 0.254 e. The summed E-state index contributed by atoms with van der Waals surface area (Å²) in [6, 6.07) is 3.52. The van der Waals surface area contributed by atoms with E-state index in [9.17, 15) is 4.79 Å². The minimum atomic E-state index is -0.500. The number of hydrogen-bond donors (Lipinski definition) is 3. The number of ether oxygens (including phenoxy) is 1. The third kappa shape index (κ3) is 2.58. The zero-order chi connectivity index (χ0) is 19.4. The Kier molecular flexibility index (Phi) is 3.88. The normalized spacial score (nSPS) is 21.8. The molecule has 8 nitrogen and oxygen atoms in total. The van der Waals surface area contributed by atoms with E-state index in [1.165, 1.54) is 0 Å². The average Bonchev–Trinajstić information content (AvgIpc) is 3.36. The summed E-state index contributed by atoms with van der Waals surface area (Å²) in [6.07, 6.45) is 4.50. The first-order valence-electron chi connectivity index (χ1n) is 9.27. The summed E-state index contributed by atoms with van der Waals surface area (Å²) < 4.78 is 24.4. The van der Waals surface area contributed by atoms with Crippen LogP contribution in [0.2, 0.25) is 0 Å². The molecule has 9 heteroatoms. The molecule has 3 aromatic rings. The molecule has 0 aromatic carbocycles. The van der Waals surface area contributed by atoms with E-state index in [0.29, 0.717) is 36.5 Å². The van der Waals surface area contributed by atoms with Crippen LogP contribution in [0.1, 0.15) is 22.3 Å². The molecule has 0 saturated carbocycles. The summed E-state index contributed by atoms with van der Waals surface area (Å²) in [5.74, 6) is -0.677. The van der Waals surface area contributed by atoms with E-state index in [1.807, 2.05) is 40.8 Å². The summed E-state index contributed by atoms with van der Waals surface area (Å²) in [7, 11) is 1.92. The van der Waals surface area contributed by atoms with Crippen molar-refractivity contribution in [3.63, 3.8) is 0 Å². The third-order valence-corrected chi connectivity index (χ3v) is 5.51. The molecular formula is C19H21FN6O2. The van der Waals surface area contributed by atoms with Crippen LogP contribution in [0.25, 0.3) is 16.8 Å². The van der Waals surface area contributed by atoms with Gasteiger partial charge in [-0.15, -0.1) is 0 Å². The first-order chi connectivity index (χ1) is 13.5. The number of carbonyl (C=O) groups excluding carboxylic acids is 1. The summed E-state index contributed by atoms with van der Waals surface area (Å²) in [5, 5.41) is 5.86. The van der Waals surface area contributed by atoms with Crippen LogP contribution < -0.4 is 16.4 Å². The van der Waals surface area contributed by atoms with Gasteiger partial charge in [-0.2, -0.15) is 0 Å². The number of nitrogens with two attached hydrogens (primary N) is 1. The molecule has 146 valence electrons. The second kappa shape index (κ2) is 6.32. The van der Waals surface area contributed by atoms with Gasteiger partial charge in [0, 0.05) is 55.8 Å². The second-order valence-corrected chi connectivity index (χ2v) is 7.33. The molecule has 2 aliphatic rings. The lowest BCUT2D eigenvalue weighted by atomic mass is 10.0. The number of aromatic nitrogens is 3. The van der Waals surface area contributed by atoms with E-state index in [4.69, 9.17) is 10.5 Å². The molecule has 0 aliphatic carbocycles. The molecule has 1 amide bonds. The Bertz CT molecular complexity index is 1090. The molecule has 1 fully saturated rings. The maximum absolute atomic E-state index is 15.1. The highest BCUT2D eigenvalue weighted by atomic mass is 19.1. The van der Waals surface area contributed by atoms with E-state index >= 15 is 4.39 Å². The van der Waals surface area contributed by atoms with Gasteiger partial charge in [-0.3, -0.25) is 14.0 Å². The van der Waals surface area contributed by atoms with Crippen LogP contribution in [0.3, 0.4) is 0 Å². The van der Waals surface area contributed by atoms with Crippen LogP contribution in [0.5, 0.6) is 0 Å². The lowest BCUT2D eigenvalue weighted by Gasteiger charge is -2.30. The number of halogens is 1. The minimum Gasteiger partial charge on any atom is -0.380 e. The Morgan fingerprint density at radius 2 is 2.32 bits per heavy atom. The summed E-state index contributed by atoms with van der Waals surface area (Å²) in [5.41, 5.74) is 8.95. The number of amides is 1. The van der Waals surface area contributed by atoms with E-state index < -0.39 is 5.82 Å². The molecule has 2 atom stereocenters. The van der Waals surface area contributed by atoms with Crippen molar-refractivity contribution in [1.29, 1.82) is 0 Å². The number of hydrogen-bond acceptors (Lipinski definition) is 5. The van der Waals surface area contributed by atoms with Gasteiger partial charge in [0.2, 0.25) is 0 Å². The van der Waals surface area contributed by atoms with Crippen LogP contribution >= 0.6 is 0 Å². The fraction of sp³-hybridized carbons (Fsp3) is 0.368. The Balaban J connectivity index is 1.63. The number of aryl methyl sites for hydroxylation is 1. The number of rotatable bonds is 3. The summed E-state index contributed by atoms with van der Waals surface area (Å²) in [4.78, 5) is 16.9. The van der Waals surface area contributed by atoms with E-state index in [1.54, 1.807) is 0 Å². The highest BCUT2D eigenvalue weighted by Gasteiger charge is 2.32. The zero-order valence-electron chi connectivity index (χ0n) is 15.4. The van der Waals surface area contributed by atoms with Gasteiger partial charge < -0.3 is 21.1 Å². The number of nitrogens with one attached hydrogen (secondary N) is 2. The monoisotopic (exact) mass is 384 g/mol. The van der Waals surface area contributed by atoms with Gasteiger partial charge in [0.1, 0.15) is 0 Å². The molecule has 0 radical (unpaired) electrons. The lowest BCUT2D eigenvalue weighted by Crippen LogP contribution is -2.48. The predicted molar refractivity (Wildman–Crippen MR) is 102 cm³/mol. The Morgan fingerprint density at radius 3 is 3.11 bits per heavy atom. The molecule has 0 unspecified atom stereocenters. The number of carbonyl (C=O) groups is 1. The predicted octanol–water partition coefficient (Wildman–Crippen LogP) is 1.25. The molecule has 28 heavy (non-hydrogen) atoms. The standard InChI is InChI=1S/C19H21FN6O2/c1-25-4-2-11-6-10(8-26(11)25)17-15-12(7-22-19(15)27)16(20)18(24-17)23-14-3-5-28-9-13(14)21/h2,4,6,8,13-14H,3,5,7,9,21H2,1H3,(H,22,27)(H,23,24)/t13-,14+/m0/s1. The van der Waals surface area contributed by atoms with Crippen LogP contribution in [0.4, 0.5) is 10.2 Å². The number of nitrogens with zero attached hydrogens (tertiary/aromatic N) is 3. The van der Waals surface area contributed by atoms with E-state index in [0.717, 1.165) is 11.1 Å². The van der Waals surface area contributed by atoms with Crippen LogP contribution in [0, 0.1) is 5.82 Å². The van der Waals surface area contributed by atoms with Gasteiger partial charge in [0.05, 0.1) is 23.4 Å². The minimum absolute atomic E-state index is 0.128. The van der Waals surface area contributed by atoms with Crippen molar-refractivity contribution < 1.29 is 13.9 Å². The van der Waals surface area contributed by atoms with E-state index in [-0.39, 0.29) is 30.4 Å². The number of pyridine rings is 1. The SMILES string of the molecule is Cn1ccc2cc(-c3nc(N[C@@H]4CCOC[C@@H]4N)c(F)c4c3C(=O)NC4)cn21. The number of anilines is 1. The summed E-state index contributed by atoms with van der Waals surface area (Å²) >= 11 is 0. The molecule has 3 aromatic heterocycles. The average molecular weight is 384 g/mol. The molecular weight excluding hydrogens is 363 g/mol. The van der Waals surface area contributed by atoms with Crippen molar-refractivity contribution in [1.82, 2.24) is 19.5 Å². The first-order valence-corrected chi connectivity index (χ1v) is 9.27. The van der Waals surface area contributed by atoms with Crippen LogP contribution in [-0.4, -0.2) is 45.4 Å². The Labute approximate surface area is 160 Å². The molecule has 5 rings (SSSR count). The van der Waals surface area contributed by atoms with Crippen molar-refractivity contribution in [2.45, 2.75) is 25.0 Å². The van der Waals surface area contributed by atoms with E-state index in [2.05, 4.69) is 15.6 Å². The van der Waals surface area contributed by atoms with Crippen LogP contribution in [0.15, 0.2) is 24.5 Å². The van der Waals surface area contributed by atoms with Gasteiger partial charge in [-0.1, -0.05) is 0 Å². The van der Waals surface area contributed by atoms with Gasteiger partial charge in [0.25, 0.3) is 5.91 Å². The first kappa shape index (κ1) is 17.2. The third-order valence-electron chi connectivity index (χ3n) is 5.51. The number of fused-ring (bicyclic) bond motifs is 2. The maximum atomic E-state index is 15.1. The van der Waals surface area contributed by atoms with Crippen molar-refractivity contribution in [2.24, 2.45) is 12.8 Å². The molecule has 2 aliphatic heterocycles. The molecule has 0 bridgehead atoms. The van der Waals surface area contributed by atoms with Crippen molar-refractivity contribution >= 4 is 17.2 Å². The molecule has 5 heterocycles. The largest absolute Gasteiger partial charge is 0.380 e. The van der Waals surface area contributed by atoms with Gasteiger partial charge >= 0.3 is 0 Å². The van der Waals surface area contributed by atoms with Crippen molar-refractivity contribution in [2.75, 3.05) is 18.5 Å². The summed E-state index contributed by atoms with van der Waals surface area (Å²) in [6.45, 7) is 1.13. The van der Waals surface area contributed by atoms with Crippen LogP contribution in [-0.2, 0) is 18.3 Å². The van der Waals surface area contributed by atoms with Crippen molar-refractivity contribution in [3.8, 4) is 11.3 Å². The topological polar surface area (TPSA) is 98.6 Å². The highest BCUT2D eigenvalue weighted by molar-refractivity contribution is 6.04. The second-order valence-electron chi connectivity index (χ2n) is 7.33. The Hall–Kier alpha value is -2.91. The maximum Gasteiger partial charge on any atom is 0.254 e. The zero-order valence-corrected chi connectivity index (χ0v) is 15.4. The van der Waals surface area contributed by atoms with Gasteiger partial charge in [0.15, 0.2) is 11.6 Å². The Morgan fingerprint density at radius 1 is 1.46 bits per heavy atom. The van der Waals surface area contributed by atoms with Crippen molar-refractivity contribution in [3.05, 3.63) is 41.5 Å². The highest BCUT2D eigenvalue weighted by Crippen LogP contribution is 2.34. The molecule has 4 N–H and O–H groups in total. The fourth-order valence-electron chi connectivity index (χ4n) is 3.95. The van der Waals surface area contributed by atoms with Gasteiger partial charge in [-0.05, 0) is 18.6 Å². The molecule has 0 spiro atoms.